The summed E-state index contributed by atoms with van der Waals surface area (Å²) in [7, 11) is 0. The fourth-order valence-corrected chi connectivity index (χ4v) is 1.52. The van der Waals surface area contributed by atoms with Crippen molar-refractivity contribution in [1.29, 1.82) is 0 Å². The van der Waals surface area contributed by atoms with Crippen LogP contribution in [0.5, 0.6) is 0 Å². The summed E-state index contributed by atoms with van der Waals surface area (Å²) < 4.78 is 0. The molecular formula is C13H19ClN2O2. The van der Waals surface area contributed by atoms with Gasteiger partial charge in [0, 0.05) is 11.3 Å². The van der Waals surface area contributed by atoms with Crippen molar-refractivity contribution in [3.05, 3.63) is 28.5 Å². The lowest BCUT2D eigenvalue weighted by atomic mass is 9.86. The Hall–Kier alpha value is -1.13. The number of carbonyl (C=O) groups excluding carboxylic acids is 1. The number of hydrogen-bond acceptors (Lipinski definition) is 3. The summed E-state index contributed by atoms with van der Waals surface area (Å²) in [6.07, 6.45) is 0. The van der Waals surface area contributed by atoms with Gasteiger partial charge >= 0.3 is 0 Å². The second-order valence-corrected chi connectivity index (χ2v) is 5.85. The lowest BCUT2D eigenvalue weighted by molar-refractivity contribution is -0.00293. The Morgan fingerprint density at radius 2 is 1.89 bits per heavy atom. The zero-order valence-corrected chi connectivity index (χ0v) is 12.1. The minimum absolute atomic E-state index is 0.279. The summed E-state index contributed by atoms with van der Waals surface area (Å²) in [4.78, 5) is 16.1. The third-order valence-electron chi connectivity index (χ3n) is 3.14. The van der Waals surface area contributed by atoms with Crippen LogP contribution in [0.15, 0.2) is 12.1 Å². The lowest BCUT2D eigenvalue weighted by Crippen LogP contribution is -2.57. The molecule has 0 bridgehead atoms. The summed E-state index contributed by atoms with van der Waals surface area (Å²) in [6, 6.07) is 3.16. The van der Waals surface area contributed by atoms with Crippen LogP contribution in [0.2, 0.25) is 5.15 Å². The van der Waals surface area contributed by atoms with E-state index in [1.54, 1.807) is 40.7 Å². The van der Waals surface area contributed by atoms with Gasteiger partial charge in [0.15, 0.2) is 0 Å². The van der Waals surface area contributed by atoms with Crippen LogP contribution in [0, 0.1) is 6.92 Å². The van der Waals surface area contributed by atoms with Gasteiger partial charge in [0.25, 0.3) is 5.91 Å². The van der Waals surface area contributed by atoms with Crippen molar-refractivity contribution in [3.63, 3.8) is 0 Å². The van der Waals surface area contributed by atoms with Crippen molar-refractivity contribution in [3.8, 4) is 0 Å². The zero-order chi connectivity index (χ0) is 14.1. The average molecular weight is 271 g/mol. The normalized spacial score (nSPS) is 12.4. The molecule has 0 atom stereocenters. The predicted molar refractivity (Wildman–Crippen MR) is 71.8 cm³/mol. The minimum Gasteiger partial charge on any atom is -0.388 e. The van der Waals surface area contributed by atoms with E-state index in [4.69, 9.17) is 11.6 Å². The first-order chi connectivity index (χ1) is 8.03. The molecule has 0 saturated heterocycles. The molecule has 2 N–H and O–H groups in total. The summed E-state index contributed by atoms with van der Waals surface area (Å²) in [6.45, 7) is 8.60. The number of aryl methyl sites for hydroxylation is 1. The molecule has 0 aliphatic heterocycles. The van der Waals surface area contributed by atoms with E-state index in [9.17, 15) is 9.90 Å². The highest BCUT2D eigenvalue weighted by Crippen LogP contribution is 2.21. The van der Waals surface area contributed by atoms with Crippen molar-refractivity contribution in [1.82, 2.24) is 10.3 Å². The number of aromatic nitrogens is 1. The topological polar surface area (TPSA) is 62.2 Å². The number of hydrogen-bond donors (Lipinski definition) is 2. The van der Waals surface area contributed by atoms with Gasteiger partial charge < -0.3 is 10.4 Å². The molecule has 1 heterocycles. The number of nitrogens with one attached hydrogen (secondary N) is 1. The average Bonchev–Trinajstić information content (AvgIpc) is 2.13. The van der Waals surface area contributed by atoms with Crippen LogP contribution in [-0.2, 0) is 0 Å². The van der Waals surface area contributed by atoms with E-state index in [-0.39, 0.29) is 11.1 Å². The van der Waals surface area contributed by atoms with Crippen molar-refractivity contribution >= 4 is 17.5 Å². The monoisotopic (exact) mass is 270 g/mol. The van der Waals surface area contributed by atoms with Crippen molar-refractivity contribution < 1.29 is 9.90 Å². The van der Waals surface area contributed by atoms with E-state index in [1.165, 1.54) is 6.07 Å². The highest BCUT2D eigenvalue weighted by Gasteiger charge is 2.36. The highest BCUT2D eigenvalue weighted by atomic mass is 35.5. The van der Waals surface area contributed by atoms with Gasteiger partial charge in [-0.2, -0.15) is 0 Å². The van der Waals surface area contributed by atoms with Gasteiger partial charge in [0.2, 0.25) is 0 Å². The first-order valence-electron chi connectivity index (χ1n) is 5.72. The van der Waals surface area contributed by atoms with E-state index in [0.29, 0.717) is 11.3 Å². The SMILES string of the molecule is Cc1cc(C(=O)NC(C)(C)C(C)(C)O)cc(Cl)n1. The fourth-order valence-electron chi connectivity index (χ4n) is 1.27. The molecule has 0 fully saturated rings. The molecule has 5 heteroatoms. The Morgan fingerprint density at radius 3 is 2.33 bits per heavy atom. The van der Waals surface area contributed by atoms with Crippen molar-refractivity contribution in [2.75, 3.05) is 0 Å². The van der Waals surface area contributed by atoms with Gasteiger partial charge in [-0.3, -0.25) is 4.79 Å². The van der Waals surface area contributed by atoms with Gasteiger partial charge in [-0.1, -0.05) is 11.6 Å². The van der Waals surface area contributed by atoms with Crippen LogP contribution in [0.4, 0.5) is 0 Å². The Balaban J connectivity index is 2.96. The number of nitrogens with zero attached hydrogens (tertiary/aromatic N) is 1. The summed E-state index contributed by atoms with van der Waals surface area (Å²) in [5.74, 6) is -0.283. The van der Waals surface area contributed by atoms with Crippen LogP contribution >= 0.6 is 11.6 Å². The zero-order valence-electron chi connectivity index (χ0n) is 11.3. The van der Waals surface area contributed by atoms with E-state index < -0.39 is 11.1 Å². The second-order valence-electron chi connectivity index (χ2n) is 5.46. The van der Waals surface area contributed by atoms with Crippen molar-refractivity contribution in [2.24, 2.45) is 0 Å². The molecule has 0 saturated carbocycles. The quantitative estimate of drug-likeness (QED) is 0.829. The number of halogens is 1. The second kappa shape index (κ2) is 4.86. The van der Waals surface area contributed by atoms with Crippen LogP contribution in [0.3, 0.4) is 0 Å². The summed E-state index contributed by atoms with van der Waals surface area (Å²) in [5, 5.41) is 13.1. The van der Waals surface area contributed by atoms with Gasteiger partial charge in [-0.15, -0.1) is 0 Å². The van der Waals surface area contributed by atoms with Crippen molar-refractivity contribution in [2.45, 2.75) is 45.8 Å². The molecule has 1 rings (SSSR count). The number of rotatable bonds is 3. The third-order valence-corrected chi connectivity index (χ3v) is 3.33. The van der Waals surface area contributed by atoms with E-state index in [0.717, 1.165) is 0 Å². The molecule has 18 heavy (non-hydrogen) atoms. The molecule has 0 aliphatic carbocycles. The Morgan fingerprint density at radius 1 is 1.33 bits per heavy atom. The van der Waals surface area contributed by atoms with Crippen LogP contribution < -0.4 is 5.32 Å². The number of amides is 1. The molecule has 1 amide bonds. The first kappa shape index (κ1) is 14.9. The van der Waals surface area contributed by atoms with Crippen LogP contribution in [0.1, 0.15) is 43.7 Å². The smallest absolute Gasteiger partial charge is 0.251 e. The van der Waals surface area contributed by atoms with Crippen LogP contribution in [-0.4, -0.2) is 27.1 Å². The Labute approximate surface area is 112 Å². The Bertz CT molecular complexity index is 444. The Kier molecular flexibility index (Phi) is 4.03. The molecule has 0 aliphatic rings. The van der Waals surface area contributed by atoms with E-state index in [2.05, 4.69) is 10.3 Å². The molecular weight excluding hydrogens is 252 g/mol. The summed E-state index contributed by atoms with van der Waals surface area (Å²) >= 11 is 5.81. The molecule has 100 valence electrons. The molecule has 1 aromatic heterocycles. The van der Waals surface area contributed by atoms with E-state index >= 15 is 0 Å². The first-order valence-corrected chi connectivity index (χ1v) is 6.10. The molecule has 0 spiro atoms. The van der Waals surface area contributed by atoms with Gasteiger partial charge in [0.05, 0.1) is 11.1 Å². The summed E-state index contributed by atoms with van der Waals surface area (Å²) in [5.41, 5.74) is -0.680. The van der Waals surface area contributed by atoms with Gasteiger partial charge in [0.1, 0.15) is 5.15 Å². The third kappa shape index (κ3) is 3.43. The molecule has 0 radical (unpaired) electrons. The maximum Gasteiger partial charge on any atom is 0.251 e. The fraction of sp³-hybridized carbons (Fsp3) is 0.538. The van der Waals surface area contributed by atoms with E-state index in [1.807, 2.05) is 0 Å². The lowest BCUT2D eigenvalue weighted by Gasteiger charge is -2.38. The maximum atomic E-state index is 12.1. The van der Waals surface area contributed by atoms with Gasteiger partial charge in [-0.25, -0.2) is 4.98 Å². The van der Waals surface area contributed by atoms with Crippen LogP contribution in [0.25, 0.3) is 0 Å². The number of aliphatic hydroxyl groups is 1. The molecule has 4 nitrogen and oxygen atoms in total. The van der Waals surface area contributed by atoms with Gasteiger partial charge in [-0.05, 0) is 46.8 Å². The standard InChI is InChI=1S/C13H19ClN2O2/c1-8-6-9(7-10(14)15-8)11(17)16-12(2,3)13(4,5)18/h6-7,18H,1-5H3,(H,16,17). The highest BCUT2D eigenvalue weighted by molar-refractivity contribution is 6.29. The molecule has 0 aromatic carbocycles. The largest absolute Gasteiger partial charge is 0.388 e. The number of pyridine rings is 1. The molecule has 0 unspecified atom stereocenters. The minimum atomic E-state index is -1.03. The number of carbonyl (C=O) groups is 1. The molecule has 1 aromatic rings. The predicted octanol–water partition coefficient (Wildman–Crippen LogP) is 2.32. The maximum absolute atomic E-state index is 12.1.